The molecule has 0 bridgehead atoms. The molecule has 0 rings (SSSR count). The summed E-state index contributed by atoms with van der Waals surface area (Å²) in [5.41, 5.74) is 2.87. The van der Waals surface area contributed by atoms with Crippen LogP contribution in [0.3, 0.4) is 0 Å². The minimum Gasteiger partial charge on any atom is -0.490 e. The Balaban J connectivity index is 4.32. The Morgan fingerprint density at radius 3 is 1.74 bits per heavy atom. The number of allylic oxidation sites excluding steroid dienone is 1. The van der Waals surface area contributed by atoms with E-state index in [0.717, 1.165) is 25.7 Å². The van der Waals surface area contributed by atoms with Crippen LogP contribution in [0.2, 0.25) is 0 Å². The average Bonchev–Trinajstić information content (AvgIpc) is 2.76. The maximum absolute atomic E-state index is 12.3. The molecule has 31 heavy (non-hydrogen) atoms. The highest BCUT2D eigenvalue weighted by Crippen LogP contribution is 2.22. The maximum Gasteiger partial charge on any atom is 0.306 e. The SMILES string of the molecule is C=C=C(CC(CC(=O)CC)CC(=O)OCCCCCCCC)OCCCCCCCC. The van der Waals surface area contributed by atoms with Gasteiger partial charge in [0.1, 0.15) is 11.5 Å². The van der Waals surface area contributed by atoms with Crippen LogP contribution in [0.15, 0.2) is 18.1 Å². The third-order valence-corrected chi connectivity index (χ3v) is 5.57. The topological polar surface area (TPSA) is 52.6 Å². The quantitative estimate of drug-likeness (QED) is 0.0755. The molecule has 1 unspecified atom stereocenters. The van der Waals surface area contributed by atoms with Gasteiger partial charge in [0, 0.05) is 25.7 Å². The number of carbonyl (C=O) groups is 2. The number of ether oxygens (including phenoxy) is 2. The fourth-order valence-corrected chi connectivity index (χ4v) is 3.57. The van der Waals surface area contributed by atoms with Crippen molar-refractivity contribution in [2.75, 3.05) is 13.2 Å². The summed E-state index contributed by atoms with van der Waals surface area (Å²) >= 11 is 0. The van der Waals surface area contributed by atoms with Gasteiger partial charge in [-0.05, 0) is 18.8 Å². The second-order valence-electron chi connectivity index (χ2n) is 8.58. The summed E-state index contributed by atoms with van der Waals surface area (Å²) in [6, 6.07) is 0. The minimum atomic E-state index is -0.221. The molecule has 4 heteroatoms. The predicted octanol–water partition coefficient (Wildman–Crippen LogP) is 7.70. The molecule has 0 heterocycles. The first-order valence-corrected chi connectivity index (χ1v) is 12.8. The van der Waals surface area contributed by atoms with E-state index in [-0.39, 0.29) is 24.1 Å². The standard InChI is InChI=1S/C27H48O4/c1-5-9-11-13-15-17-19-30-26(8-4)22-24(21-25(28)7-3)23-27(29)31-20-18-16-14-12-10-6-2/h24H,4-7,9-23H2,1-3H3. The molecule has 0 N–H and O–H groups in total. The zero-order valence-electron chi connectivity index (χ0n) is 20.6. The summed E-state index contributed by atoms with van der Waals surface area (Å²) in [4.78, 5) is 24.3. The van der Waals surface area contributed by atoms with E-state index in [1.54, 1.807) is 0 Å². The number of unbranched alkanes of at least 4 members (excludes halogenated alkanes) is 10. The van der Waals surface area contributed by atoms with Gasteiger partial charge in [0.15, 0.2) is 0 Å². The summed E-state index contributed by atoms with van der Waals surface area (Å²) in [5.74, 6) is 0.486. The first kappa shape index (κ1) is 29.5. The third-order valence-electron chi connectivity index (χ3n) is 5.57. The molecule has 0 saturated carbocycles. The summed E-state index contributed by atoms with van der Waals surface area (Å²) in [6.07, 6.45) is 15.8. The van der Waals surface area contributed by atoms with Crippen LogP contribution in [0.25, 0.3) is 0 Å². The van der Waals surface area contributed by atoms with Crippen molar-refractivity contribution in [3.8, 4) is 0 Å². The molecule has 0 aliphatic carbocycles. The van der Waals surface area contributed by atoms with Crippen LogP contribution in [0.4, 0.5) is 0 Å². The van der Waals surface area contributed by atoms with Gasteiger partial charge in [0.05, 0.1) is 13.2 Å². The molecule has 0 aliphatic rings. The number of rotatable bonds is 22. The van der Waals surface area contributed by atoms with Crippen molar-refractivity contribution in [3.05, 3.63) is 18.1 Å². The first-order valence-electron chi connectivity index (χ1n) is 12.8. The van der Waals surface area contributed by atoms with Crippen molar-refractivity contribution < 1.29 is 19.1 Å². The van der Waals surface area contributed by atoms with Gasteiger partial charge < -0.3 is 9.47 Å². The van der Waals surface area contributed by atoms with Gasteiger partial charge in [-0.15, -0.1) is 0 Å². The van der Waals surface area contributed by atoms with E-state index in [1.165, 1.54) is 51.4 Å². The monoisotopic (exact) mass is 436 g/mol. The Bertz CT molecular complexity index is 505. The molecule has 0 aromatic rings. The second kappa shape index (κ2) is 21.7. The fraction of sp³-hybridized carbons (Fsp3) is 0.815. The third kappa shape index (κ3) is 18.9. The van der Waals surface area contributed by atoms with Gasteiger partial charge in [-0.2, -0.15) is 0 Å². The Morgan fingerprint density at radius 2 is 1.23 bits per heavy atom. The van der Waals surface area contributed by atoms with Crippen molar-refractivity contribution in [1.82, 2.24) is 0 Å². The van der Waals surface area contributed by atoms with Gasteiger partial charge in [-0.3, -0.25) is 9.59 Å². The molecular formula is C27H48O4. The average molecular weight is 437 g/mol. The molecule has 180 valence electrons. The van der Waals surface area contributed by atoms with E-state index in [0.29, 0.717) is 38.2 Å². The lowest BCUT2D eigenvalue weighted by atomic mass is 9.93. The largest absolute Gasteiger partial charge is 0.490 e. The highest BCUT2D eigenvalue weighted by Gasteiger charge is 2.20. The van der Waals surface area contributed by atoms with Gasteiger partial charge in [0.2, 0.25) is 0 Å². The van der Waals surface area contributed by atoms with E-state index in [9.17, 15) is 9.59 Å². The van der Waals surface area contributed by atoms with Crippen LogP contribution in [0.5, 0.6) is 0 Å². The zero-order chi connectivity index (χ0) is 23.2. The van der Waals surface area contributed by atoms with E-state index in [1.807, 2.05) is 6.92 Å². The van der Waals surface area contributed by atoms with Crippen LogP contribution in [0, 0.1) is 5.92 Å². The molecule has 0 spiro atoms. The van der Waals surface area contributed by atoms with E-state index >= 15 is 0 Å². The van der Waals surface area contributed by atoms with Gasteiger partial charge in [0.25, 0.3) is 0 Å². The van der Waals surface area contributed by atoms with E-state index in [2.05, 4.69) is 26.2 Å². The van der Waals surface area contributed by atoms with Gasteiger partial charge >= 0.3 is 5.97 Å². The lowest BCUT2D eigenvalue weighted by molar-refractivity contribution is -0.145. The van der Waals surface area contributed by atoms with Crippen LogP contribution in [-0.2, 0) is 19.1 Å². The smallest absolute Gasteiger partial charge is 0.306 e. The van der Waals surface area contributed by atoms with Crippen LogP contribution in [0.1, 0.15) is 124 Å². The number of esters is 1. The Labute approximate surface area is 191 Å². The molecule has 0 fully saturated rings. The van der Waals surface area contributed by atoms with E-state index < -0.39 is 0 Å². The maximum atomic E-state index is 12.3. The van der Waals surface area contributed by atoms with Gasteiger partial charge in [-0.25, -0.2) is 0 Å². The Hall–Kier alpha value is -1.54. The summed E-state index contributed by atoms with van der Waals surface area (Å²) in [7, 11) is 0. The van der Waals surface area contributed by atoms with Crippen molar-refractivity contribution in [1.29, 1.82) is 0 Å². The minimum absolute atomic E-state index is 0.113. The fourth-order valence-electron chi connectivity index (χ4n) is 3.57. The predicted molar refractivity (Wildman–Crippen MR) is 129 cm³/mol. The number of hydrogen-bond acceptors (Lipinski definition) is 4. The molecule has 0 saturated heterocycles. The summed E-state index contributed by atoms with van der Waals surface area (Å²) in [5, 5.41) is 0. The number of ketones is 1. The molecule has 0 aromatic heterocycles. The molecule has 0 aromatic carbocycles. The molecule has 1 atom stereocenters. The van der Waals surface area contributed by atoms with Gasteiger partial charge in [-0.1, -0.05) is 97.3 Å². The van der Waals surface area contributed by atoms with Crippen LogP contribution < -0.4 is 0 Å². The molecule has 0 radical (unpaired) electrons. The van der Waals surface area contributed by atoms with Crippen molar-refractivity contribution in [2.24, 2.45) is 5.92 Å². The normalized spacial score (nSPS) is 11.6. The number of carbonyl (C=O) groups excluding carboxylic acids is 2. The highest BCUT2D eigenvalue weighted by molar-refractivity contribution is 5.79. The lowest BCUT2D eigenvalue weighted by Gasteiger charge is -2.17. The Morgan fingerprint density at radius 1 is 0.710 bits per heavy atom. The van der Waals surface area contributed by atoms with E-state index in [4.69, 9.17) is 9.47 Å². The van der Waals surface area contributed by atoms with Crippen LogP contribution in [-0.4, -0.2) is 25.0 Å². The molecule has 4 nitrogen and oxygen atoms in total. The molecule has 0 amide bonds. The highest BCUT2D eigenvalue weighted by atomic mass is 16.5. The Kier molecular flexibility index (Phi) is 20.6. The van der Waals surface area contributed by atoms with Crippen molar-refractivity contribution >= 4 is 11.8 Å². The number of Topliss-reactive ketones (excluding diaryl/α,β-unsaturated/α-hetero) is 1. The zero-order valence-corrected chi connectivity index (χ0v) is 20.6. The van der Waals surface area contributed by atoms with Crippen molar-refractivity contribution in [3.63, 3.8) is 0 Å². The number of hydrogen-bond donors (Lipinski definition) is 0. The molecule has 0 aliphatic heterocycles. The summed E-state index contributed by atoms with van der Waals surface area (Å²) in [6.45, 7) is 11.1. The van der Waals surface area contributed by atoms with Crippen molar-refractivity contribution in [2.45, 2.75) is 124 Å². The second-order valence-corrected chi connectivity index (χ2v) is 8.58. The summed E-state index contributed by atoms with van der Waals surface area (Å²) < 4.78 is 11.3. The molecular weight excluding hydrogens is 388 g/mol. The first-order chi connectivity index (χ1) is 15.1. The lowest BCUT2D eigenvalue weighted by Crippen LogP contribution is -2.17. The van der Waals surface area contributed by atoms with Crippen LogP contribution >= 0.6 is 0 Å².